The normalized spacial score (nSPS) is 26.7. The molecule has 0 aromatic heterocycles. The number of ether oxygens (including phenoxy) is 1. The largest absolute Gasteiger partial charge is 0.478 e. The predicted molar refractivity (Wildman–Crippen MR) is 70.4 cm³/mol. The highest BCUT2D eigenvalue weighted by molar-refractivity contribution is 5.87. The first-order valence-electron chi connectivity index (χ1n) is 6.73. The Bertz CT molecular complexity index is 391. The molecule has 2 rings (SSSR count). The number of carboxylic acid groups (broad SMARTS) is 1. The maximum absolute atomic E-state index is 11.2. The molecule has 0 aromatic carbocycles. The van der Waals surface area contributed by atoms with E-state index in [-0.39, 0.29) is 11.5 Å². The molecule has 0 saturated heterocycles. The smallest absolute Gasteiger partial charge is 0.331 e. The summed E-state index contributed by atoms with van der Waals surface area (Å²) < 4.78 is 5.93. The van der Waals surface area contributed by atoms with Gasteiger partial charge in [-0.25, -0.2) is 4.79 Å². The topological polar surface area (TPSA) is 46.5 Å². The second kappa shape index (κ2) is 5.27. The second-order valence-corrected chi connectivity index (χ2v) is 5.95. The molecular weight excluding hydrogens is 228 g/mol. The van der Waals surface area contributed by atoms with Crippen molar-refractivity contribution in [2.75, 3.05) is 6.61 Å². The van der Waals surface area contributed by atoms with Crippen LogP contribution in [0.4, 0.5) is 0 Å². The number of carbonyl (C=O) groups is 1. The van der Waals surface area contributed by atoms with Crippen LogP contribution in [0.5, 0.6) is 0 Å². The molecular formula is C15H22O3. The van der Waals surface area contributed by atoms with Crippen molar-refractivity contribution in [1.82, 2.24) is 0 Å². The summed E-state index contributed by atoms with van der Waals surface area (Å²) in [6.07, 6.45) is 9.03. The molecule has 0 radical (unpaired) electrons. The molecule has 0 aliphatic heterocycles. The molecule has 100 valence electrons. The Morgan fingerprint density at radius 2 is 2.17 bits per heavy atom. The van der Waals surface area contributed by atoms with Crippen LogP contribution in [-0.4, -0.2) is 23.8 Å². The summed E-state index contributed by atoms with van der Waals surface area (Å²) in [5.74, 6) is -0.769. The van der Waals surface area contributed by atoms with Crippen molar-refractivity contribution >= 4 is 5.97 Å². The number of carboxylic acids is 1. The van der Waals surface area contributed by atoms with Crippen LogP contribution >= 0.6 is 0 Å². The minimum absolute atomic E-state index is 0.113. The summed E-state index contributed by atoms with van der Waals surface area (Å²) in [7, 11) is 0. The fraction of sp³-hybridized carbons (Fsp3) is 0.667. The van der Waals surface area contributed by atoms with E-state index in [0.717, 1.165) is 31.3 Å². The van der Waals surface area contributed by atoms with Crippen LogP contribution in [0.1, 0.15) is 46.0 Å². The second-order valence-electron chi connectivity index (χ2n) is 5.95. The molecule has 0 bridgehead atoms. The van der Waals surface area contributed by atoms with Gasteiger partial charge < -0.3 is 9.84 Å². The van der Waals surface area contributed by atoms with Gasteiger partial charge in [-0.3, -0.25) is 0 Å². The monoisotopic (exact) mass is 250 g/mol. The van der Waals surface area contributed by atoms with Gasteiger partial charge in [-0.05, 0) is 43.1 Å². The Hall–Kier alpha value is -1.09. The van der Waals surface area contributed by atoms with E-state index in [1.54, 1.807) is 0 Å². The summed E-state index contributed by atoms with van der Waals surface area (Å²) in [5.41, 5.74) is 1.71. The summed E-state index contributed by atoms with van der Waals surface area (Å²) in [4.78, 5) is 11.2. The van der Waals surface area contributed by atoms with Crippen molar-refractivity contribution in [3.8, 4) is 0 Å². The number of hydrogen-bond donors (Lipinski definition) is 1. The van der Waals surface area contributed by atoms with Crippen molar-refractivity contribution in [3.05, 3.63) is 23.3 Å². The SMILES string of the molecule is CC1(C)CC=C[C@@H]1OCC1=C(C(=O)O)CCCC1. The van der Waals surface area contributed by atoms with Crippen LogP contribution in [0.25, 0.3) is 0 Å². The minimum Gasteiger partial charge on any atom is -0.478 e. The fourth-order valence-electron chi connectivity index (χ4n) is 2.73. The van der Waals surface area contributed by atoms with E-state index >= 15 is 0 Å². The number of allylic oxidation sites excluding steroid dienone is 1. The Kier molecular flexibility index (Phi) is 3.91. The van der Waals surface area contributed by atoms with Crippen molar-refractivity contribution in [1.29, 1.82) is 0 Å². The van der Waals surface area contributed by atoms with Crippen LogP contribution in [0.15, 0.2) is 23.3 Å². The van der Waals surface area contributed by atoms with Gasteiger partial charge in [0.25, 0.3) is 0 Å². The molecule has 1 N–H and O–H groups in total. The van der Waals surface area contributed by atoms with Crippen molar-refractivity contribution in [2.45, 2.75) is 52.1 Å². The van der Waals surface area contributed by atoms with Crippen molar-refractivity contribution < 1.29 is 14.6 Å². The van der Waals surface area contributed by atoms with Gasteiger partial charge in [-0.15, -0.1) is 0 Å². The van der Waals surface area contributed by atoms with Gasteiger partial charge in [-0.2, -0.15) is 0 Å². The zero-order valence-electron chi connectivity index (χ0n) is 11.2. The summed E-state index contributed by atoms with van der Waals surface area (Å²) in [5, 5.41) is 9.18. The molecule has 3 heteroatoms. The third kappa shape index (κ3) is 2.83. The molecule has 0 unspecified atom stereocenters. The third-order valence-electron chi connectivity index (χ3n) is 4.00. The lowest BCUT2D eigenvalue weighted by Gasteiger charge is -2.28. The highest BCUT2D eigenvalue weighted by atomic mass is 16.5. The van der Waals surface area contributed by atoms with Crippen LogP contribution in [0.2, 0.25) is 0 Å². The quantitative estimate of drug-likeness (QED) is 0.779. The van der Waals surface area contributed by atoms with Gasteiger partial charge >= 0.3 is 5.97 Å². The van der Waals surface area contributed by atoms with Crippen LogP contribution in [-0.2, 0) is 9.53 Å². The van der Waals surface area contributed by atoms with E-state index in [2.05, 4.69) is 26.0 Å². The molecule has 0 amide bonds. The number of hydrogen-bond acceptors (Lipinski definition) is 2. The van der Waals surface area contributed by atoms with Gasteiger partial charge in [0.2, 0.25) is 0 Å². The Morgan fingerprint density at radius 3 is 2.78 bits per heavy atom. The van der Waals surface area contributed by atoms with E-state index in [9.17, 15) is 9.90 Å². The van der Waals surface area contributed by atoms with E-state index in [1.165, 1.54) is 0 Å². The lowest BCUT2D eigenvalue weighted by molar-refractivity contribution is -0.133. The molecule has 18 heavy (non-hydrogen) atoms. The van der Waals surface area contributed by atoms with Crippen LogP contribution in [0.3, 0.4) is 0 Å². The van der Waals surface area contributed by atoms with Gasteiger partial charge in [0.1, 0.15) is 0 Å². The van der Waals surface area contributed by atoms with Gasteiger partial charge in [0.05, 0.1) is 12.7 Å². The molecule has 0 fully saturated rings. The fourth-order valence-corrected chi connectivity index (χ4v) is 2.73. The molecule has 0 aromatic rings. The highest BCUT2D eigenvalue weighted by Gasteiger charge is 2.31. The Labute approximate surface area is 109 Å². The lowest BCUT2D eigenvalue weighted by Crippen LogP contribution is -2.27. The van der Waals surface area contributed by atoms with Gasteiger partial charge in [0.15, 0.2) is 0 Å². The first-order valence-corrected chi connectivity index (χ1v) is 6.73. The Balaban J connectivity index is 2.00. The van der Waals surface area contributed by atoms with Crippen LogP contribution < -0.4 is 0 Å². The van der Waals surface area contributed by atoms with E-state index < -0.39 is 5.97 Å². The first-order chi connectivity index (χ1) is 8.50. The summed E-state index contributed by atoms with van der Waals surface area (Å²) in [6, 6.07) is 0. The maximum atomic E-state index is 11.2. The summed E-state index contributed by atoms with van der Waals surface area (Å²) in [6.45, 7) is 4.84. The molecule has 3 nitrogen and oxygen atoms in total. The standard InChI is InChI=1S/C15H22O3/c1-15(2)9-5-8-13(15)18-10-11-6-3-4-7-12(11)14(16)17/h5,8,13H,3-4,6-7,9-10H2,1-2H3,(H,16,17)/t13-/m0/s1. The molecule has 0 saturated carbocycles. The number of rotatable bonds is 4. The van der Waals surface area contributed by atoms with Crippen molar-refractivity contribution in [2.24, 2.45) is 5.41 Å². The molecule has 2 aliphatic carbocycles. The average Bonchev–Trinajstić information content (AvgIpc) is 2.66. The maximum Gasteiger partial charge on any atom is 0.331 e. The van der Waals surface area contributed by atoms with Gasteiger partial charge in [-0.1, -0.05) is 26.0 Å². The summed E-state index contributed by atoms with van der Waals surface area (Å²) >= 11 is 0. The predicted octanol–water partition coefficient (Wildman–Crippen LogP) is 3.31. The first kappa shape index (κ1) is 13.3. The zero-order valence-corrected chi connectivity index (χ0v) is 11.2. The van der Waals surface area contributed by atoms with Crippen LogP contribution in [0, 0.1) is 5.41 Å². The van der Waals surface area contributed by atoms with Gasteiger partial charge in [0, 0.05) is 5.57 Å². The molecule has 0 heterocycles. The number of aliphatic carboxylic acids is 1. The molecule has 1 atom stereocenters. The molecule has 2 aliphatic rings. The molecule has 0 spiro atoms. The average molecular weight is 250 g/mol. The van der Waals surface area contributed by atoms with Crippen molar-refractivity contribution in [3.63, 3.8) is 0 Å². The van der Waals surface area contributed by atoms with E-state index in [4.69, 9.17) is 4.74 Å². The lowest BCUT2D eigenvalue weighted by atomic mass is 9.88. The highest BCUT2D eigenvalue weighted by Crippen LogP contribution is 2.35. The van der Waals surface area contributed by atoms with E-state index in [1.807, 2.05) is 0 Å². The Morgan fingerprint density at radius 1 is 1.44 bits per heavy atom. The third-order valence-corrected chi connectivity index (χ3v) is 4.00. The zero-order chi connectivity index (χ0) is 13.2. The van der Waals surface area contributed by atoms with E-state index in [0.29, 0.717) is 18.6 Å². The minimum atomic E-state index is -0.769.